The Labute approximate surface area is 131 Å². The lowest BCUT2D eigenvalue weighted by Gasteiger charge is -2.13. The van der Waals surface area contributed by atoms with Crippen LogP contribution in [0.5, 0.6) is 0 Å². The molecular weight excluding hydrogens is 282 g/mol. The summed E-state index contributed by atoms with van der Waals surface area (Å²) in [4.78, 5) is 12.0. The van der Waals surface area contributed by atoms with Crippen molar-refractivity contribution < 1.29 is 4.79 Å². The van der Waals surface area contributed by atoms with E-state index in [-0.39, 0.29) is 11.3 Å². The van der Waals surface area contributed by atoms with Gasteiger partial charge in [0.1, 0.15) is 0 Å². The molecule has 1 atom stereocenters. The predicted molar refractivity (Wildman–Crippen MR) is 89.8 cm³/mol. The van der Waals surface area contributed by atoms with Gasteiger partial charge in [0.05, 0.1) is 11.8 Å². The fourth-order valence-electron chi connectivity index (χ4n) is 2.42. The van der Waals surface area contributed by atoms with Crippen LogP contribution in [0.4, 0.5) is 0 Å². The second-order valence-electron chi connectivity index (χ2n) is 5.89. The van der Waals surface area contributed by atoms with Gasteiger partial charge in [-0.05, 0) is 28.7 Å². The van der Waals surface area contributed by atoms with E-state index in [1.807, 2.05) is 18.2 Å². The van der Waals surface area contributed by atoms with Gasteiger partial charge < -0.3 is 5.32 Å². The van der Waals surface area contributed by atoms with Crippen LogP contribution in [0.15, 0.2) is 42.5 Å². The third kappa shape index (κ3) is 5.05. The Morgan fingerprint density at radius 1 is 1.14 bits per heavy atom. The van der Waals surface area contributed by atoms with Gasteiger partial charge in [0.25, 0.3) is 0 Å². The molecular formula is C18H22ClNO. The maximum absolute atomic E-state index is 12.0. The van der Waals surface area contributed by atoms with Gasteiger partial charge in [-0.15, -0.1) is 11.6 Å². The summed E-state index contributed by atoms with van der Waals surface area (Å²) in [5.41, 5.74) is 1.03. The van der Waals surface area contributed by atoms with Crippen molar-refractivity contribution >= 4 is 28.3 Å². The fourth-order valence-corrected chi connectivity index (χ4v) is 2.85. The fraction of sp³-hybridized carbons (Fsp3) is 0.389. The van der Waals surface area contributed by atoms with Crippen LogP contribution >= 0.6 is 11.6 Å². The largest absolute Gasteiger partial charge is 0.354 e. The van der Waals surface area contributed by atoms with E-state index in [0.717, 1.165) is 17.4 Å². The number of alkyl halides is 1. The first-order chi connectivity index (χ1) is 10.0. The van der Waals surface area contributed by atoms with Crippen molar-refractivity contribution in [3.05, 3.63) is 48.0 Å². The summed E-state index contributed by atoms with van der Waals surface area (Å²) in [5, 5.41) is 5.28. The first-order valence-electron chi connectivity index (χ1n) is 7.43. The van der Waals surface area contributed by atoms with Gasteiger partial charge in [-0.3, -0.25) is 4.79 Å². The molecule has 1 unspecified atom stereocenters. The monoisotopic (exact) mass is 303 g/mol. The topological polar surface area (TPSA) is 29.1 Å². The molecule has 2 nitrogen and oxygen atoms in total. The summed E-state index contributed by atoms with van der Waals surface area (Å²) in [6.45, 7) is 4.80. The standard InChI is InChI=1S/C18H22ClNO/c1-13(2)9-17(19)12-20-18(21)11-14-7-8-15-5-3-4-6-16(15)10-14/h3-8,10,13,17H,9,11-12H2,1-2H3,(H,20,21). The highest BCUT2D eigenvalue weighted by atomic mass is 35.5. The van der Waals surface area contributed by atoms with E-state index in [0.29, 0.717) is 18.9 Å². The van der Waals surface area contributed by atoms with E-state index in [4.69, 9.17) is 11.6 Å². The number of rotatable bonds is 6. The Kier molecular flexibility index (Phi) is 5.63. The maximum Gasteiger partial charge on any atom is 0.224 e. The summed E-state index contributed by atoms with van der Waals surface area (Å²) >= 11 is 6.19. The minimum Gasteiger partial charge on any atom is -0.354 e. The summed E-state index contributed by atoms with van der Waals surface area (Å²) < 4.78 is 0. The molecule has 0 saturated carbocycles. The van der Waals surface area contributed by atoms with Crippen molar-refractivity contribution in [3.63, 3.8) is 0 Å². The molecule has 0 spiro atoms. The van der Waals surface area contributed by atoms with Crippen LogP contribution in [0.2, 0.25) is 0 Å². The molecule has 0 heterocycles. The number of carbonyl (C=O) groups is 1. The van der Waals surface area contributed by atoms with Crippen molar-refractivity contribution in [3.8, 4) is 0 Å². The third-order valence-electron chi connectivity index (χ3n) is 3.43. The van der Waals surface area contributed by atoms with Crippen LogP contribution in [0.1, 0.15) is 25.8 Å². The predicted octanol–water partition coefficient (Wildman–Crippen LogP) is 4.15. The second kappa shape index (κ2) is 7.46. The van der Waals surface area contributed by atoms with Gasteiger partial charge in [-0.1, -0.05) is 56.3 Å². The highest BCUT2D eigenvalue weighted by Crippen LogP contribution is 2.16. The van der Waals surface area contributed by atoms with E-state index in [2.05, 4.69) is 43.4 Å². The number of carbonyl (C=O) groups excluding carboxylic acids is 1. The Morgan fingerprint density at radius 2 is 1.86 bits per heavy atom. The first-order valence-corrected chi connectivity index (χ1v) is 7.86. The molecule has 0 aromatic heterocycles. The highest BCUT2D eigenvalue weighted by Gasteiger charge is 2.10. The van der Waals surface area contributed by atoms with E-state index < -0.39 is 0 Å². The summed E-state index contributed by atoms with van der Waals surface area (Å²) in [5.74, 6) is 0.574. The van der Waals surface area contributed by atoms with E-state index in [1.54, 1.807) is 0 Å². The van der Waals surface area contributed by atoms with Gasteiger partial charge in [0, 0.05) is 6.54 Å². The van der Waals surface area contributed by atoms with Crippen LogP contribution in [-0.2, 0) is 11.2 Å². The molecule has 0 aliphatic rings. The van der Waals surface area contributed by atoms with Gasteiger partial charge in [0.2, 0.25) is 5.91 Å². The van der Waals surface area contributed by atoms with Crippen molar-refractivity contribution in [2.45, 2.75) is 32.1 Å². The number of halogens is 1. The van der Waals surface area contributed by atoms with E-state index in [9.17, 15) is 4.79 Å². The van der Waals surface area contributed by atoms with Gasteiger partial charge in [-0.25, -0.2) is 0 Å². The SMILES string of the molecule is CC(C)CC(Cl)CNC(=O)Cc1ccc2ccccc2c1. The number of nitrogens with one attached hydrogen (secondary N) is 1. The van der Waals surface area contributed by atoms with Crippen molar-refractivity contribution in [1.82, 2.24) is 5.32 Å². The molecule has 2 rings (SSSR count). The third-order valence-corrected chi connectivity index (χ3v) is 3.76. The molecule has 2 aromatic carbocycles. The van der Waals surface area contributed by atoms with E-state index >= 15 is 0 Å². The highest BCUT2D eigenvalue weighted by molar-refractivity contribution is 6.20. The molecule has 112 valence electrons. The maximum atomic E-state index is 12.0. The second-order valence-corrected chi connectivity index (χ2v) is 6.51. The summed E-state index contributed by atoms with van der Waals surface area (Å²) in [6.07, 6.45) is 1.31. The molecule has 0 saturated heterocycles. The first kappa shape index (κ1) is 15.8. The number of amides is 1. The van der Waals surface area contributed by atoms with Gasteiger partial charge >= 0.3 is 0 Å². The molecule has 0 bridgehead atoms. The van der Waals surface area contributed by atoms with Crippen LogP contribution in [-0.4, -0.2) is 17.8 Å². The smallest absolute Gasteiger partial charge is 0.224 e. The number of hydrogen-bond donors (Lipinski definition) is 1. The average Bonchev–Trinajstić information content (AvgIpc) is 2.44. The van der Waals surface area contributed by atoms with Crippen molar-refractivity contribution in [2.75, 3.05) is 6.54 Å². The van der Waals surface area contributed by atoms with Crippen LogP contribution in [0.25, 0.3) is 10.8 Å². The van der Waals surface area contributed by atoms with Gasteiger partial charge in [0.15, 0.2) is 0 Å². The number of hydrogen-bond acceptors (Lipinski definition) is 1. The molecule has 21 heavy (non-hydrogen) atoms. The Bertz CT molecular complexity index is 609. The molecule has 1 amide bonds. The normalized spacial score (nSPS) is 12.6. The molecule has 1 N–H and O–H groups in total. The average molecular weight is 304 g/mol. The zero-order valence-corrected chi connectivity index (χ0v) is 13.4. The minimum absolute atomic E-state index is 0.00514. The number of benzene rings is 2. The summed E-state index contributed by atoms with van der Waals surface area (Å²) in [6, 6.07) is 14.3. The van der Waals surface area contributed by atoms with Crippen LogP contribution in [0.3, 0.4) is 0 Å². The lowest BCUT2D eigenvalue weighted by atomic mass is 10.0. The van der Waals surface area contributed by atoms with Crippen molar-refractivity contribution in [1.29, 1.82) is 0 Å². The van der Waals surface area contributed by atoms with Crippen LogP contribution in [0, 0.1) is 5.92 Å². The van der Waals surface area contributed by atoms with Crippen molar-refractivity contribution in [2.24, 2.45) is 5.92 Å². The molecule has 2 aromatic rings. The lowest BCUT2D eigenvalue weighted by Crippen LogP contribution is -2.31. The van der Waals surface area contributed by atoms with E-state index in [1.165, 1.54) is 5.39 Å². The minimum atomic E-state index is 0.00514. The molecule has 0 aliphatic heterocycles. The quantitative estimate of drug-likeness (QED) is 0.798. The molecule has 0 aliphatic carbocycles. The summed E-state index contributed by atoms with van der Waals surface area (Å²) in [7, 11) is 0. The van der Waals surface area contributed by atoms with Crippen LogP contribution < -0.4 is 5.32 Å². The Hall–Kier alpha value is -1.54. The molecule has 3 heteroatoms. The lowest BCUT2D eigenvalue weighted by molar-refractivity contribution is -0.120. The van der Waals surface area contributed by atoms with Gasteiger partial charge in [-0.2, -0.15) is 0 Å². The molecule has 0 fully saturated rings. The Balaban J connectivity index is 1.89. The number of fused-ring (bicyclic) bond motifs is 1. The zero-order chi connectivity index (χ0) is 15.2. The Morgan fingerprint density at radius 3 is 2.57 bits per heavy atom. The molecule has 0 radical (unpaired) electrons. The zero-order valence-electron chi connectivity index (χ0n) is 12.6.